The van der Waals surface area contributed by atoms with E-state index in [1.54, 1.807) is 0 Å². The summed E-state index contributed by atoms with van der Waals surface area (Å²) in [5.41, 5.74) is -2.46. The Morgan fingerprint density at radius 3 is 2.72 bits per heavy atom. The van der Waals surface area contributed by atoms with E-state index in [2.05, 4.69) is 5.32 Å². The number of rotatable bonds is 3. The van der Waals surface area contributed by atoms with E-state index in [1.807, 2.05) is 6.92 Å². The summed E-state index contributed by atoms with van der Waals surface area (Å²) in [6.07, 6.45) is 2.12. The van der Waals surface area contributed by atoms with Crippen LogP contribution in [-0.2, 0) is 16.8 Å². The molecule has 168 valence electrons. The van der Waals surface area contributed by atoms with Crippen LogP contribution in [0.3, 0.4) is 0 Å². The van der Waals surface area contributed by atoms with Crippen molar-refractivity contribution in [2.45, 2.75) is 50.5 Å². The monoisotopic (exact) mass is 445 g/mol. The molecule has 1 aliphatic carbocycles. The minimum Gasteiger partial charge on any atom is -0.503 e. The molecule has 2 unspecified atom stereocenters. The zero-order valence-corrected chi connectivity index (χ0v) is 17.2. The van der Waals surface area contributed by atoms with E-state index in [1.165, 1.54) is 21.7 Å². The number of ether oxygens (including phenoxy) is 1. The summed E-state index contributed by atoms with van der Waals surface area (Å²) in [5, 5.41) is 13.2. The molecule has 2 fully saturated rings. The summed E-state index contributed by atoms with van der Waals surface area (Å²) >= 11 is 0. The summed E-state index contributed by atoms with van der Waals surface area (Å²) in [4.78, 5) is 40.2. The maximum Gasteiger partial charge on any atom is 0.276 e. The molecule has 2 atom stereocenters. The van der Waals surface area contributed by atoms with E-state index >= 15 is 0 Å². The maximum absolute atomic E-state index is 14.3. The van der Waals surface area contributed by atoms with Gasteiger partial charge in [0.2, 0.25) is 5.43 Å². The van der Waals surface area contributed by atoms with Crippen molar-refractivity contribution in [1.82, 2.24) is 14.8 Å². The van der Waals surface area contributed by atoms with Gasteiger partial charge in [-0.1, -0.05) is 6.07 Å². The number of aromatic hydroxyl groups is 1. The molecule has 3 aliphatic rings. The van der Waals surface area contributed by atoms with Crippen molar-refractivity contribution in [1.29, 1.82) is 0 Å². The Bertz CT molecular complexity index is 1210. The van der Waals surface area contributed by atoms with Gasteiger partial charge in [-0.2, -0.15) is 0 Å². The van der Waals surface area contributed by atoms with Crippen molar-refractivity contribution >= 4 is 11.8 Å². The van der Waals surface area contributed by atoms with Gasteiger partial charge in [-0.05, 0) is 32.3 Å². The first-order chi connectivity index (χ1) is 15.2. The number of nitrogens with zero attached hydrogens (tertiary/aromatic N) is 2. The summed E-state index contributed by atoms with van der Waals surface area (Å²) in [5.74, 6) is -3.68. The second kappa shape index (κ2) is 7.13. The van der Waals surface area contributed by atoms with E-state index in [4.69, 9.17) is 4.74 Å². The predicted molar refractivity (Wildman–Crippen MR) is 107 cm³/mol. The van der Waals surface area contributed by atoms with Crippen LogP contribution in [0.5, 0.6) is 5.75 Å². The molecular formula is C22H21F2N3O5. The van der Waals surface area contributed by atoms with Crippen molar-refractivity contribution < 1.29 is 28.2 Å². The Morgan fingerprint density at radius 2 is 2.03 bits per heavy atom. The third kappa shape index (κ3) is 3.09. The second-order valence-corrected chi connectivity index (χ2v) is 8.56. The molecule has 0 spiro atoms. The first kappa shape index (κ1) is 20.6. The molecule has 0 radical (unpaired) electrons. The number of pyridine rings is 1. The van der Waals surface area contributed by atoms with E-state index < -0.39 is 46.4 Å². The van der Waals surface area contributed by atoms with Gasteiger partial charge in [0.1, 0.15) is 17.2 Å². The summed E-state index contributed by atoms with van der Waals surface area (Å²) < 4.78 is 34.6. The fourth-order valence-electron chi connectivity index (χ4n) is 4.57. The highest BCUT2D eigenvalue weighted by molar-refractivity contribution is 5.99. The van der Waals surface area contributed by atoms with Crippen LogP contribution < -0.4 is 10.7 Å². The van der Waals surface area contributed by atoms with Crippen molar-refractivity contribution in [2.24, 2.45) is 0 Å². The fourth-order valence-corrected chi connectivity index (χ4v) is 4.57. The highest BCUT2D eigenvalue weighted by atomic mass is 19.1. The number of hydrogen-bond donors (Lipinski definition) is 2. The Kier molecular flexibility index (Phi) is 4.59. The van der Waals surface area contributed by atoms with Gasteiger partial charge in [0.25, 0.3) is 11.8 Å². The van der Waals surface area contributed by atoms with Crippen LogP contribution in [0.2, 0.25) is 0 Å². The molecule has 1 aromatic carbocycles. The Hall–Kier alpha value is -3.27. The third-order valence-corrected chi connectivity index (χ3v) is 6.47. The minimum atomic E-state index is -1.05. The molecule has 2 N–H and O–H groups in total. The fraction of sp³-hybridized carbons (Fsp3) is 0.409. The number of carbonyl (C=O) groups is 2. The number of aromatic nitrogens is 1. The van der Waals surface area contributed by atoms with Crippen LogP contribution in [0.15, 0.2) is 29.2 Å². The van der Waals surface area contributed by atoms with Gasteiger partial charge < -0.3 is 24.6 Å². The van der Waals surface area contributed by atoms with Crippen molar-refractivity contribution in [3.63, 3.8) is 0 Å². The van der Waals surface area contributed by atoms with Gasteiger partial charge in [-0.3, -0.25) is 14.4 Å². The quantitative estimate of drug-likeness (QED) is 0.751. The van der Waals surface area contributed by atoms with Crippen molar-refractivity contribution in [3.8, 4) is 5.75 Å². The molecule has 32 heavy (non-hydrogen) atoms. The Balaban J connectivity index is 1.49. The van der Waals surface area contributed by atoms with Crippen LogP contribution in [0.4, 0.5) is 8.78 Å². The number of hydrogen-bond acceptors (Lipinski definition) is 5. The average molecular weight is 445 g/mol. The Labute approximate surface area is 181 Å². The van der Waals surface area contributed by atoms with Crippen LogP contribution in [0.1, 0.15) is 52.6 Å². The SMILES string of the molecule is CC1CCOC2Cn3cc(C(=O)NC4(c5ccc(F)cc5F)CC4)c(=O)c(O)c3C(=O)N12. The molecule has 0 bridgehead atoms. The molecule has 1 aromatic heterocycles. The number of amides is 2. The third-order valence-electron chi connectivity index (χ3n) is 6.47. The first-order valence-corrected chi connectivity index (χ1v) is 10.4. The topological polar surface area (TPSA) is 101 Å². The lowest BCUT2D eigenvalue weighted by atomic mass is 10.0. The smallest absolute Gasteiger partial charge is 0.276 e. The largest absolute Gasteiger partial charge is 0.503 e. The van der Waals surface area contributed by atoms with Gasteiger partial charge in [0.05, 0.1) is 18.7 Å². The van der Waals surface area contributed by atoms with Gasteiger partial charge in [0.15, 0.2) is 17.7 Å². The lowest BCUT2D eigenvalue weighted by Gasteiger charge is -2.44. The van der Waals surface area contributed by atoms with Crippen LogP contribution in [0.25, 0.3) is 0 Å². The van der Waals surface area contributed by atoms with E-state index in [0.717, 1.165) is 12.1 Å². The molecule has 1 saturated heterocycles. The van der Waals surface area contributed by atoms with Crippen molar-refractivity contribution in [3.05, 3.63) is 63.1 Å². The molecule has 8 nitrogen and oxygen atoms in total. The van der Waals surface area contributed by atoms with E-state index in [0.29, 0.717) is 25.9 Å². The zero-order chi connectivity index (χ0) is 22.8. The number of benzene rings is 1. The summed E-state index contributed by atoms with van der Waals surface area (Å²) in [6.45, 7) is 2.48. The highest BCUT2D eigenvalue weighted by Crippen LogP contribution is 2.46. The van der Waals surface area contributed by atoms with Gasteiger partial charge >= 0.3 is 0 Å². The molecule has 1 saturated carbocycles. The summed E-state index contributed by atoms with van der Waals surface area (Å²) in [7, 11) is 0. The van der Waals surface area contributed by atoms with Crippen LogP contribution in [0, 0.1) is 11.6 Å². The second-order valence-electron chi connectivity index (χ2n) is 8.56. The van der Waals surface area contributed by atoms with Crippen molar-refractivity contribution in [2.75, 3.05) is 6.61 Å². The van der Waals surface area contributed by atoms with Gasteiger partial charge in [0, 0.05) is 23.9 Å². The average Bonchev–Trinajstić information content (AvgIpc) is 3.50. The number of halogens is 2. The first-order valence-electron chi connectivity index (χ1n) is 10.4. The van der Waals surface area contributed by atoms with Crippen LogP contribution >= 0.6 is 0 Å². The van der Waals surface area contributed by atoms with Gasteiger partial charge in [-0.15, -0.1) is 0 Å². The molecule has 2 aliphatic heterocycles. The zero-order valence-electron chi connectivity index (χ0n) is 17.2. The summed E-state index contributed by atoms with van der Waals surface area (Å²) in [6, 6.07) is 2.99. The Morgan fingerprint density at radius 1 is 1.28 bits per heavy atom. The van der Waals surface area contributed by atoms with Crippen LogP contribution in [-0.4, -0.2) is 45.3 Å². The molecular weight excluding hydrogens is 424 g/mol. The minimum absolute atomic E-state index is 0.118. The van der Waals surface area contributed by atoms with Gasteiger partial charge in [-0.25, -0.2) is 8.78 Å². The van der Waals surface area contributed by atoms with E-state index in [-0.39, 0.29) is 29.4 Å². The standard InChI is InChI=1S/C22H21F2N3O5/c1-11-4-7-32-16-10-26-9-13(18(28)19(29)17(26)21(31)27(11)16)20(30)25-22(5-6-22)14-3-2-12(23)8-15(14)24/h2-3,8-9,11,16,29H,4-7,10H2,1H3,(H,25,30). The molecule has 3 heterocycles. The van der Waals surface area contributed by atoms with E-state index in [9.17, 15) is 28.3 Å². The molecule has 2 aromatic rings. The lowest BCUT2D eigenvalue weighted by molar-refractivity contribution is -0.112. The molecule has 5 rings (SSSR count). The highest BCUT2D eigenvalue weighted by Gasteiger charge is 2.48. The number of fused-ring (bicyclic) bond motifs is 2. The number of carbonyl (C=O) groups excluding carboxylic acids is 2. The molecule has 10 heteroatoms. The predicted octanol–water partition coefficient (Wildman–Crippen LogP) is 1.84. The molecule has 2 amide bonds. The maximum atomic E-state index is 14.3. The normalized spacial score (nSPS) is 23.3. The lowest BCUT2D eigenvalue weighted by Crippen LogP contribution is -2.57. The number of nitrogens with one attached hydrogen (secondary N) is 1.